The molecule has 1 aromatic rings. The average molecular weight is 212 g/mol. The molecule has 1 N–H and O–H groups in total. The molecule has 0 amide bonds. The van der Waals surface area contributed by atoms with Crippen LogP contribution in [0.1, 0.15) is 38.3 Å². The summed E-state index contributed by atoms with van der Waals surface area (Å²) in [4.78, 5) is 0. The number of nitrogens with zero attached hydrogens (tertiary/aromatic N) is 2. The van der Waals surface area contributed by atoms with Gasteiger partial charge in [-0.25, -0.2) is 0 Å². The number of aliphatic hydroxyl groups excluding tert-OH is 1. The van der Waals surface area contributed by atoms with Gasteiger partial charge in [0.2, 0.25) is 0 Å². The van der Waals surface area contributed by atoms with E-state index in [2.05, 4.69) is 5.10 Å². The molecule has 0 aromatic carbocycles. The first kappa shape index (κ1) is 12.2. The van der Waals surface area contributed by atoms with Gasteiger partial charge >= 0.3 is 0 Å². The summed E-state index contributed by atoms with van der Waals surface area (Å²) in [5, 5.41) is 14.2. The van der Waals surface area contributed by atoms with E-state index in [1.807, 2.05) is 38.4 Å². The van der Waals surface area contributed by atoms with Crippen molar-refractivity contribution in [1.82, 2.24) is 9.78 Å². The van der Waals surface area contributed by atoms with Crippen LogP contribution in [0.3, 0.4) is 0 Å². The second kappa shape index (κ2) is 5.28. The van der Waals surface area contributed by atoms with E-state index in [9.17, 15) is 5.11 Å². The zero-order chi connectivity index (χ0) is 11.4. The number of aliphatic hydroxyl groups is 1. The molecular formula is C11H20N2O2. The van der Waals surface area contributed by atoms with E-state index in [0.717, 1.165) is 17.9 Å². The van der Waals surface area contributed by atoms with Gasteiger partial charge in [0.15, 0.2) is 0 Å². The second-order valence-electron chi connectivity index (χ2n) is 3.92. The van der Waals surface area contributed by atoms with Crippen LogP contribution in [0.4, 0.5) is 0 Å². The molecule has 1 rings (SSSR count). The lowest BCUT2D eigenvalue weighted by atomic mass is 10.2. The van der Waals surface area contributed by atoms with Crippen molar-refractivity contribution in [2.45, 2.75) is 46.4 Å². The first-order chi connectivity index (χ1) is 7.04. The van der Waals surface area contributed by atoms with E-state index >= 15 is 0 Å². The number of hydrogen-bond donors (Lipinski definition) is 1. The molecule has 86 valence electrons. The first-order valence-electron chi connectivity index (χ1n) is 5.38. The van der Waals surface area contributed by atoms with Crippen LogP contribution in [0.15, 0.2) is 6.07 Å². The van der Waals surface area contributed by atoms with Crippen molar-refractivity contribution in [3.63, 3.8) is 0 Å². The third-order valence-corrected chi connectivity index (χ3v) is 2.16. The van der Waals surface area contributed by atoms with Gasteiger partial charge in [0.1, 0.15) is 6.10 Å². The lowest BCUT2D eigenvalue weighted by Crippen LogP contribution is -2.15. The average Bonchev–Trinajstić information content (AvgIpc) is 2.56. The summed E-state index contributed by atoms with van der Waals surface area (Å²) in [5.41, 5.74) is 1.76. The lowest BCUT2D eigenvalue weighted by Gasteiger charge is -2.14. The van der Waals surface area contributed by atoms with Gasteiger partial charge in [-0.3, -0.25) is 4.68 Å². The van der Waals surface area contributed by atoms with Crippen molar-refractivity contribution in [3.8, 4) is 0 Å². The quantitative estimate of drug-likeness (QED) is 0.807. The smallest absolute Gasteiger partial charge is 0.119 e. The molecule has 0 radical (unpaired) electrons. The molecule has 15 heavy (non-hydrogen) atoms. The maximum absolute atomic E-state index is 9.91. The van der Waals surface area contributed by atoms with Gasteiger partial charge in [-0.05, 0) is 33.8 Å². The summed E-state index contributed by atoms with van der Waals surface area (Å²) >= 11 is 0. The Hall–Kier alpha value is -0.870. The molecule has 1 aromatic heterocycles. The fourth-order valence-corrected chi connectivity index (χ4v) is 1.46. The van der Waals surface area contributed by atoms with E-state index in [0.29, 0.717) is 6.61 Å². The molecule has 0 fully saturated rings. The molecule has 0 aliphatic rings. The topological polar surface area (TPSA) is 47.3 Å². The van der Waals surface area contributed by atoms with Crippen LogP contribution in [-0.4, -0.2) is 27.6 Å². The summed E-state index contributed by atoms with van der Waals surface area (Å²) in [7, 11) is 0. The molecule has 0 spiro atoms. The highest BCUT2D eigenvalue weighted by Crippen LogP contribution is 2.15. The Kier molecular flexibility index (Phi) is 4.29. The zero-order valence-electron chi connectivity index (χ0n) is 9.90. The zero-order valence-corrected chi connectivity index (χ0v) is 9.90. The number of rotatable bonds is 5. The van der Waals surface area contributed by atoms with Crippen LogP contribution in [0.2, 0.25) is 0 Å². The summed E-state index contributed by atoms with van der Waals surface area (Å²) in [5.74, 6) is 0. The minimum absolute atomic E-state index is 0.138. The van der Waals surface area contributed by atoms with E-state index in [-0.39, 0.29) is 6.10 Å². The predicted molar refractivity (Wildman–Crippen MR) is 58.7 cm³/mol. The molecule has 0 aliphatic heterocycles. The van der Waals surface area contributed by atoms with Crippen molar-refractivity contribution in [2.24, 2.45) is 0 Å². The van der Waals surface area contributed by atoms with E-state index < -0.39 is 6.10 Å². The maximum atomic E-state index is 9.91. The third kappa shape index (κ3) is 3.32. The highest BCUT2D eigenvalue weighted by atomic mass is 16.5. The van der Waals surface area contributed by atoms with Crippen molar-refractivity contribution in [3.05, 3.63) is 17.5 Å². The molecule has 1 atom stereocenters. The van der Waals surface area contributed by atoms with Crippen molar-refractivity contribution >= 4 is 0 Å². The van der Waals surface area contributed by atoms with Crippen LogP contribution < -0.4 is 0 Å². The molecule has 1 heterocycles. The van der Waals surface area contributed by atoms with Gasteiger partial charge in [0.25, 0.3) is 0 Å². The largest absolute Gasteiger partial charge is 0.384 e. The van der Waals surface area contributed by atoms with Gasteiger partial charge in [0.05, 0.1) is 24.1 Å². The van der Waals surface area contributed by atoms with E-state index in [1.165, 1.54) is 0 Å². The second-order valence-corrected chi connectivity index (χ2v) is 3.92. The van der Waals surface area contributed by atoms with Crippen LogP contribution in [0, 0.1) is 6.92 Å². The van der Waals surface area contributed by atoms with Crippen molar-refractivity contribution in [2.75, 3.05) is 6.61 Å². The fourth-order valence-electron chi connectivity index (χ4n) is 1.46. The Morgan fingerprint density at radius 1 is 1.53 bits per heavy atom. The Labute approximate surface area is 90.9 Å². The molecule has 0 aliphatic carbocycles. The van der Waals surface area contributed by atoms with Gasteiger partial charge in [-0.1, -0.05) is 0 Å². The van der Waals surface area contributed by atoms with Gasteiger partial charge in [0, 0.05) is 6.54 Å². The number of ether oxygens (including phenoxy) is 1. The van der Waals surface area contributed by atoms with E-state index in [4.69, 9.17) is 4.74 Å². The molecule has 4 nitrogen and oxygen atoms in total. The molecule has 0 saturated carbocycles. The summed E-state index contributed by atoms with van der Waals surface area (Å²) in [6, 6.07) is 1.90. The van der Waals surface area contributed by atoms with Crippen LogP contribution in [0.5, 0.6) is 0 Å². The van der Waals surface area contributed by atoms with Gasteiger partial charge in [-0.15, -0.1) is 0 Å². The minimum atomic E-state index is -0.589. The summed E-state index contributed by atoms with van der Waals surface area (Å²) < 4.78 is 7.18. The van der Waals surface area contributed by atoms with Crippen molar-refractivity contribution in [1.29, 1.82) is 0 Å². The molecular weight excluding hydrogens is 192 g/mol. The third-order valence-electron chi connectivity index (χ3n) is 2.16. The first-order valence-corrected chi connectivity index (χ1v) is 5.38. The fraction of sp³-hybridized carbons (Fsp3) is 0.727. The lowest BCUT2D eigenvalue weighted by molar-refractivity contribution is 0.00153. The Morgan fingerprint density at radius 2 is 2.20 bits per heavy atom. The maximum Gasteiger partial charge on any atom is 0.119 e. The highest BCUT2D eigenvalue weighted by molar-refractivity contribution is 5.11. The normalized spacial score (nSPS) is 13.5. The monoisotopic (exact) mass is 212 g/mol. The predicted octanol–water partition coefficient (Wildman–Crippen LogP) is 1.67. The van der Waals surface area contributed by atoms with Gasteiger partial charge in [-0.2, -0.15) is 5.10 Å². The van der Waals surface area contributed by atoms with Crippen LogP contribution in [-0.2, 0) is 11.3 Å². The van der Waals surface area contributed by atoms with E-state index in [1.54, 1.807) is 0 Å². The van der Waals surface area contributed by atoms with Gasteiger partial charge < -0.3 is 9.84 Å². The van der Waals surface area contributed by atoms with Crippen molar-refractivity contribution < 1.29 is 9.84 Å². The number of aryl methyl sites for hydroxylation is 2. The highest BCUT2D eigenvalue weighted by Gasteiger charge is 2.14. The Morgan fingerprint density at radius 3 is 2.73 bits per heavy atom. The minimum Gasteiger partial charge on any atom is -0.384 e. The van der Waals surface area contributed by atoms with Crippen LogP contribution >= 0.6 is 0 Å². The number of hydrogen-bond acceptors (Lipinski definition) is 3. The SMILES string of the molecule is CCn1nc(C)cc1C(O)COC(C)C. The van der Waals surface area contributed by atoms with Crippen LogP contribution in [0.25, 0.3) is 0 Å². The standard InChI is InChI=1S/C11H20N2O2/c1-5-13-10(6-9(4)12-13)11(14)7-15-8(2)3/h6,8,11,14H,5,7H2,1-4H3. The molecule has 4 heteroatoms. The summed E-state index contributed by atoms with van der Waals surface area (Å²) in [6.07, 6.45) is -0.452. The molecule has 0 saturated heterocycles. The Bertz CT molecular complexity index is 308. The molecule has 1 unspecified atom stereocenters. The molecule has 0 bridgehead atoms. The Balaban J connectivity index is 2.67. The summed E-state index contributed by atoms with van der Waals surface area (Å²) in [6.45, 7) is 8.92. The number of aromatic nitrogens is 2.